The third-order valence-corrected chi connectivity index (χ3v) is 4.88. The molecule has 1 atom stereocenters. The Morgan fingerprint density at radius 2 is 2.08 bits per heavy atom. The van der Waals surface area contributed by atoms with E-state index in [1.54, 1.807) is 19.3 Å². The maximum Gasteiger partial charge on any atom is 0.255 e. The van der Waals surface area contributed by atoms with Gasteiger partial charge in [0, 0.05) is 19.3 Å². The lowest BCUT2D eigenvalue weighted by Gasteiger charge is -2.24. The molecule has 2 heterocycles. The molecule has 0 bridgehead atoms. The van der Waals surface area contributed by atoms with Gasteiger partial charge in [-0.2, -0.15) is 0 Å². The van der Waals surface area contributed by atoms with Crippen LogP contribution in [0, 0.1) is 0 Å². The van der Waals surface area contributed by atoms with Crippen molar-refractivity contribution in [1.29, 1.82) is 0 Å². The fourth-order valence-electron chi connectivity index (χ4n) is 3.50. The molecule has 1 saturated carbocycles. The molecule has 3 rings (SSSR count). The molecule has 7 nitrogen and oxygen atoms in total. The van der Waals surface area contributed by atoms with Crippen LogP contribution in [0.2, 0.25) is 0 Å². The van der Waals surface area contributed by atoms with E-state index in [2.05, 4.69) is 14.5 Å². The van der Waals surface area contributed by atoms with E-state index in [1.165, 1.54) is 17.7 Å². The Balaban J connectivity index is 1.88. The van der Waals surface area contributed by atoms with E-state index in [1.807, 2.05) is 13.3 Å². The minimum Gasteiger partial charge on any atom is -0.368 e. The average molecular weight is 329 g/mol. The number of hydrogen-bond donors (Lipinski definition) is 1. The van der Waals surface area contributed by atoms with Gasteiger partial charge >= 0.3 is 0 Å². The van der Waals surface area contributed by atoms with E-state index in [0.717, 1.165) is 18.5 Å². The summed E-state index contributed by atoms with van der Waals surface area (Å²) in [4.78, 5) is 34.3. The van der Waals surface area contributed by atoms with Crippen molar-refractivity contribution < 1.29 is 9.59 Å². The fourth-order valence-corrected chi connectivity index (χ4v) is 3.50. The number of amides is 2. The van der Waals surface area contributed by atoms with E-state index in [4.69, 9.17) is 5.73 Å². The number of hydrogen-bond acceptors (Lipinski definition) is 4. The van der Waals surface area contributed by atoms with Gasteiger partial charge in [0.05, 0.1) is 11.9 Å². The first kappa shape index (κ1) is 16.4. The number of likely N-dealkylation sites (N-methyl/N-ethyl adjacent to an activating group) is 1. The van der Waals surface area contributed by atoms with Crippen LogP contribution < -0.4 is 5.73 Å². The van der Waals surface area contributed by atoms with Crippen molar-refractivity contribution in [2.45, 2.75) is 51.1 Å². The quantitative estimate of drug-likeness (QED) is 0.906. The molecule has 7 heteroatoms. The van der Waals surface area contributed by atoms with Crippen molar-refractivity contribution in [3.05, 3.63) is 24.2 Å². The summed E-state index contributed by atoms with van der Waals surface area (Å²) in [6.07, 6.45) is 8.60. The van der Waals surface area contributed by atoms with Crippen molar-refractivity contribution in [2.24, 2.45) is 5.73 Å². The minimum atomic E-state index is -0.621. The van der Waals surface area contributed by atoms with Gasteiger partial charge in [-0.1, -0.05) is 19.8 Å². The Labute approximate surface area is 140 Å². The first-order valence-corrected chi connectivity index (χ1v) is 8.42. The monoisotopic (exact) mass is 329 g/mol. The zero-order chi connectivity index (χ0) is 17.3. The first-order chi connectivity index (χ1) is 11.5. The lowest BCUT2D eigenvalue weighted by atomic mass is 10.1. The summed E-state index contributed by atoms with van der Waals surface area (Å²) in [5.41, 5.74) is 7.29. The van der Waals surface area contributed by atoms with Gasteiger partial charge in [0.1, 0.15) is 11.6 Å². The Bertz CT molecular complexity index is 763. The Morgan fingerprint density at radius 3 is 2.71 bits per heavy atom. The van der Waals surface area contributed by atoms with Crippen LogP contribution in [-0.2, 0) is 4.79 Å². The number of pyridine rings is 1. The van der Waals surface area contributed by atoms with E-state index in [0.29, 0.717) is 23.5 Å². The van der Waals surface area contributed by atoms with Crippen LogP contribution in [0.1, 0.15) is 55.4 Å². The van der Waals surface area contributed by atoms with E-state index < -0.39 is 11.9 Å². The Hall–Kier alpha value is -2.44. The van der Waals surface area contributed by atoms with Gasteiger partial charge in [-0.25, -0.2) is 9.97 Å². The topological polar surface area (TPSA) is 94.1 Å². The van der Waals surface area contributed by atoms with Crippen molar-refractivity contribution in [1.82, 2.24) is 19.4 Å². The fraction of sp³-hybridized carbons (Fsp3) is 0.529. The molecular weight excluding hydrogens is 306 g/mol. The second-order valence-electron chi connectivity index (χ2n) is 6.40. The molecule has 1 aliphatic carbocycles. The number of aromatic nitrogens is 3. The summed E-state index contributed by atoms with van der Waals surface area (Å²) in [5.74, 6) is -0.779. The first-order valence-electron chi connectivity index (χ1n) is 8.42. The molecule has 2 amide bonds. The van der Waals surface area contributed by atoms with Crippen molar-refractivity contribution >= 4 is 23.0 Å². The summed E-state index contributed by atoms with van der Waals surface area (Å²) >= 11 is 0. The number of nitrogens with two attached hydrogens (primary N) is 1. The summed E-state index contributed by atoms with van der Waals surface area (Å²) in [6.45, 7) is 1.82. The van der Waals surface area contributed by atoms with Gasteiger partial charge in [0.15, 0.2) is 5.65 Å². The molecule has 24 heavy (non-hydrogen) atoms. The van der Waals surface area contributed by atoms with E-state index in [9.17, 15) is 9.59 Å². The van der Waals surface area contributed by atoms with Crippen molar-refractivity contribution in [3.63, 3.8) is 0 Å². The molecule has 2 N–H and O–H groups in total. The van der Waals surface area contributed by atoms with Crippen molar-refractivity contribution in [3.8, 4) is 0 Å². The van der Waals surface area contributed by atoms with Gasteiger partial charge < -0.3 is 15.2 Å². The van der Waals surface area contributed by atoms with Crippen molar-refractivity contribution in [2.75, 3.05) is 7.05 Å². The van der Waals surface area contributed by atoms with Gasteiger partial charge in [-0.3, -0.25) is 9.59 Å². The van der Waals surface area contributed by atoms with Gasteiger partial charge in [0.2, 0.25) is 5.91 Å². The van der Waals surface area contributed by atoms with E-state index in [-0.39, 0.29) is 5.91 Å². The molecule has 0 saturated heterocycles. The number of rotatable bonds is 5. The smallest absolute Gasteiger partial charge is 0.255 e. The highest BCUT2D eigenvalue weighted by atomic mass is 16.2. The second kappa shape index (κ2) is 6.59. The molecule has 2 aromatic heterocycles. The molecule has 2 aromatic rings. The van der Waals surface area contributed by atoms with Crippen LogP contribution in [0.4, 0.5) is 0 Å². The van der Waals surface area contributed by atoms with E-state index >= 15 is 0 Å². The van der Waals surface area contributed by atoms with Crippen LogP contribution >= 0.6 is 0 Å². The predicted molar refractivity (Wildman–Crippen MR) is 90.4 cm³/mol. The molecular formula is C17H23N5O2. The van der Waals surface area contributed by atoms with Gasteiger partial charge in [-0.15, -0.1) is 0 Å². The number of imidazole rings is 1. The molecule has 0 aromatic carbocycles. The highest BCUT2D eigenvalue weighted by molar-refractivity contribution is 5.98. The van der Waals surface area contributed by atoms with Crippen LogP contribution in [-0.4, -0.2) is 44.3 Å². The summed E-state index contributed by atoms with van der Waals surface area (Å²) in [7, 11) is 1.59. The number of nitrogens with zero attached hydrogens (tertiary/aromatic N) is 4. The summed E-state index contributed by atoms with van der Waals surface area (Å²) in [6, 6.07) is 1.57. The lowest BCUT2D eigenvalue weighted by molar-refractivity contribution is -0.122. The largest absolute Gasteiger partial charge is 0.368 e. The lowest BCUT2D eigenvalue weighted by Crippen LogP contribution is -2.45. The number of carbonyl (C=O) groups excluding carboxylic acids is 2. The number of primary amides is 1. The molecule has 0 aliphatic heterocycles. The van der Waals surface area contributed by atoms with Gasteiger partial charge in [-0.05, 0) is 25.3 Å². The van der Waals surface area contributed by atoms with Crippen LogP contribution in [0.5, 0.6) is 0 Å². The average Bonchev–Trinajstić information content (AvgIpc) is 3.22. The summed E-state index contributed by atoms with van der Waals surface area (Å²) < 4.78 is 2.11. The molecule has 1 fully saturated rings. The van der Waals surface area contributed by atoms with Crippen LogP contribution in [0.15, 0.2) is 18.6 Å². The Morgan fingerprint density at radius 1 is 1.38 bits per heavy atom. The normalized spacial score (nSPS) is 16.4. The highest BCUT2D eigenvalue weighted by Crippen LogP contribution is 2.31. The third kappa shape index (κ3) is 2.86. The zero-order valence-corrected chi connectivity index (χ0v) is 14.1. The molecule has 128 valence electrons. The summed E-state index contributed by atoms with van der Waals surface area (Å²) in [5, 5.41) is 0. The minimum absolute atomic E-state index is 0.273. The maximum absolute atomic E-state index is 12.6. The van der Waals surface area contributed by atoms with Gasteiger partial charge in [0.25, 0.3) is 5.91 Å². The number of fused-ring (bicyclic) bond motifs is 1. The maximum atomic E-state index is 12.6. The number of carbonyl (C=O) groups is 2. The third-order valence-electron chi connectivity index (χ3n) is 4.88. The molecule has 1 aliphatic rings. The van der Waals surface area contributed by atoms with Crippen LogP contribution in [0.25, 0.3) is 11.2 Å². The highest BCUT2D eigenvalue weighted by Gasteiger charge is 2.25. The molecule has 0 spiro atoms. The SMILES string of the molecule is CCC(C(N)=O)N(C)C(=O)c1cnc2c(c1)ncn2C1CCCC1. The predicted octanol–water partition coefficient (Wildman–Crippen LogP) is 1.88. The van der Waals surface area contributed by atoms with Crippen LogP contribution in [0.3, 0.4) is 0 Å². The second-order valence-corrected chi connectivity index (χ2v) is 6.40. The molecule has 1 unspecified atom stereocenters. The Kier molecular flexibility index (Phi) is 4.51. The molecule has 0 radical (unpaired) electrons. The standard InChI is InChI=1S/C17H23N5O2/c1-3-14(15(18)23)21(2)17(24)11-8-13-16(19-9-11)22(10-20-13)12-6-4-5-7-12/h8-10,12,14H,3-7H2,1-2H3,(H2,18,23). The zero-order valence-electron chi connectivity index (χ0n) is 14.1.